The van der Waals surface area contributed by atoms with Crippen LogP contribution in [0.2, 0.25) is 0 Å². The van der Waals surface area contributed by atoms with E-state index in [1.807, 2.05) is 12.1 Å². The largest absolute Gasteiger partial charge is 0.497 e. The lowest BCUT2D eigenvalue weighted by Gasteiger charge is -2.52. The molecule has 3 atom stereocenters. The molecule has 3 aliphatic rings. The van der Waals surface area contributed by atoms with Crippen LogP contribution >= 0.6 is 15.9 Å². The van der Waals surface area contributed by atoms with E-state index in [9.17, 15) is 0 Å². The van der Waals surface area contributed by atoms with Gasteiger partial charge in [-0.15, -0.1) is 0 Å². The number of fused-ring (bicyclic) bond motifs is 3. The molecule has 1 aromatic carbocycles. The summed E-state index contributed by atoms with van der Waals surface area (Å²) < 4.78 is 11.4. The number of halogens is 1. The minimum absolute atomic E-state index is 0.237. The third-order valence-corrected chi connectivity index (χ3v) is 5.85. The number of nitrogens with zero attached hydrogens (tertiary/aromatic N) is 1. The van der Waals surface area contributed by atoms with Gasteiger partial charge in [0, 0.05) is 18.2 Å². The molecule has 22 heavy (non-hydrogen) atoms. The zero-order valence-electron chi connectivity index (χ0n) is 12.9. The highest BCUT2D eigenvalue weighted by molar-refractivity contribution is 9.11. The second-order valence-electron chi connectivity index (χ2n) is 6.33. The summed E-state index contributed by atoms with van der Waals surface area (Å²) in [6, 6.07) is 8.82. The Kier molecular flexibility index (Phi) is 3.54. The maximum atomic E-state index is 6.13. The van der Waals surface area contributed by atoms with Gasteiger partial charge in [-0.25, -0.2) is 0 Å². The average molecular weight is 362 g/mol. The lowest BCUT2D eigenvalue weighted by Crippen LogP contribution is -2.62. The molecule has 0 spiro atoms. The fraction of sp³-hybridized carbons (Fsp3) is 0.444. The van der Waals surface area contributed by atoms with Gasteiger partial charge in [-0.3, -0.25) is 0 Å². The van der Waals surface area contributed by atoms with Gasteiger partial charge in [0.25, 0.3) is 0 Å². The molecule has 0 N–H and O–H groups in total. The highest BCUT2D eigenvalue weighted by atomic mass is 79.9. The standard InChI is InChI=1S/C18H20BrNO2/c1-11-16-10-22-18(11)17-13(7-12(16)8-19)9-20(17)14-3-5-15(21-2)6-4-14/h3-6,8,13,17-18H,7,9-10H2,1-2H3/b12-8-/t13-,17+,18-/m0/s1. The fourth-order valence-electron chi connectivity index (χ4n) is 4.05. The van der Waals surface area contributed by atoms with Crippen LogP contribution in [0.5, 0.6) is 5.75 Å². The van der Waals surface area contributed by atoms with Gasteiger partial charge in [0.15, 0.2) is 0 Å². The number of rotatable bonds is 2. The molecule has 4 heteroatoms. The van der Waals surface area contributed by atoms with Gasteiger partial charge in [0.05, 0.1) is 25.9 Å². The maximum absolute atomic E-state index is 6.13. The summed E-state index contributed by atoms with van der Waals surface area (Å²) in [5, 5.41) is 0. The third kappa shape index (κ3) is 2.04. The summed E-state index contributed by atoms with van der Waals surface area (Å²) in [4.78, 5) is 4.58. The van der Waals surface area contributed by atoms with Crippen molar-refractivity contribution in [3.05, 3.63) is 46.0 Å². The molecule has 0 amide bonds. The first-order valence-corrected chi connectivity index (χ1v) is 8.66. The molecule has 1 aromatic rings. The van der Waals surface area contributed by atoms with Gasteiger partial charge in [-0.2, -0.15) is 0 Å². The van der Waals surface area contributed by atoms with Crippen LogP contribution in [0.15, 0.2) is 46.0 Å². The second kappa shape index (κ2) is 5.43. The summed E-state index contributed by atoms with van der Waals surface area (Å²) >= 11 is 3.54. The van der Waals surface area contributed by atoms with Gasteiger partial charge in [-0.1, -0.05) is 15.9 Å². The SMILES string of the molecule is COc1ccc(N2C[C@@H]3C/C(=C/Br)C4=C(C)[C@H](OC4)[C@@H]32)cc1. The van der Waals surface area contributed by atoms with Crippen molar-refractivity contribution in [2.24, 2.45) is 5.92 Å². The maximum Gasteiger partial charge on any atom is 0.119 e. The van der Waals surface area contributed by atoms with E-state index in [4.69, 9.17) is 9.47 Å². The molecule has 1 aliphatic carbocycles. The van der Waals surface area contributed by atoms with Crippen LogP contribution < -0.4 is 9.64 Å². The third-order valence-electron chi connectivity index (χ3n) is 5.30. The van der Waals surface area contributed by atoms with Crippen molar-refractivity contribution >= 4 is 21.6 Å². The molecule has 2 bridgehead atoms. The highest BCUT2D eigenvalue weighted by Gasteiger charge is 2.49. The van der Waals surface area contributed by atoms with Crippen molar-refractivity contribution in [2.45, 2.75) is 25.5 Å². The Balaban J connectivity index is 1.64. The number of methoxy groups -OCH3 is 1. The predicted octanol–water partition coefficient (Wildman–Crippen LogP) is 3.90. The van der Waals surface area contributed by atoms with Crippen LogP contribution in [-0.4, -0.2) is 32.4 Å². The Morgan fingerprint density at radius 2 is 2.09 bits per heavy atom. The van der Waals surface area contributed by atoms with Gasteiger partial charge in [0.2, 0.25) is 0 Å². The number of hydrogen-bond donors (Lipinski definition) is 0. The summed E-state index contributed by atoms with van der Waals surface area (Å²) in [5.41, 5.74) is 5.50. The van der Waals surface area contributed by atoms with Crippen LogP contribution in [0.4, 0.5) is 5.69 Å². The molecule has 2 heterocycles. The number of anilines is 1. The molecule has 4 rings (SSSR count). The van der Waals surface area contributed by atoms with E-state index in [1.54, 1.807) is 7.11 Å². The van der Waals surface area contributed by atoms with Gasteiger partial charge >= 0.3 is 0 Å². The Morgan fingerprint density at radius 1 is 1.32 bits per heavy atom. The molecular weight excluding hydrogens is 342 g/mol. The zero-order valence-corrected chi connectivity index (χ0v) is 14.5. The summed E-state index contributed by atoms with van der Waals surface area (Å²) in [5.74, 6) is 1.57. The van der Waals surface area contributed by atoms with E-state index >= 15 is 0 Å². The molecule has 0 saturated carbocycles. The molecule has 3 nitrogen and oxygen atoms in total. The van der Waals surface area contributed by atoms with Crippen molar-refractivity contribution in [3.63, 3.8) is 0 Å². The van der Waals surface area contributed by atoms with Gasteiger partial charge in [0.1, 0.15) is 5.75 Å². The van der Waals surface area contributed by atoms with E-state index in [0.29, 0.717) is 12.0 Å². The smallest absolute Gasteiger partial charge is 0.119 e. The molecular formula is C18H20BrNO2. The lowest BCUT2D eigenvalue weighted by molar-refractivity contribution is 0.0504. The first-order valence-electron chi connectivity index (χ1n) is 7.74. The van der Waals surface area contributed by atoms with Gasteiger partial charge < -0.3 is 14.4 Å². The topological polar surface area (TPSA) is 21.7 Å². The fourth-order valence-corrected chi connectivity index (χ4v) is 4.51. The Bertz CT molecular complexity index is 650. The number of hydrogen-bond acceptors (Lipinski definition) is 3. The van der Waals surface area contributed by atoms with Crippen molar-refractivity contribution < 1.29 is 9.47 Å². The van der Waals surface area contributed by atoms with Crippen molar-refractivity contribution in [1.29, 1.82) is 0 Å². The summed E-state index contributed by atoms with van der Waals surface area (Å²) in [7, 11) is 1.70. The zero-order chi connectivity index (χ0) is 15.3. The molecule has 116 valence electrons. The molecule has 1 saturated heterocycles. The van der Waals surface area contributed by atoms with Crippen molar-refractivity contribution in [3.8, 4) is 5.75 Å². The van der Waals surface area contributed by atoms with Crippen LogP contribution in [0.25, 0.3) is 0 Å². The quantitative estimate of drug-likeness (QED) is 0.797. The van der Waals surface area contributed by atoms with E-state index in [1.165, 1.54) is 22.4 Å². The number of benzene rings is 1. The highest BCUT2D eigenvalue weighted by Crippen LogP contribution is 2.47. The summed E-state index contributed by atoms with van der Waals surface area (Å²) in [6.07, 6.45) is 1.38. The first-order chi connectivity index (χ1) is 10.7. The average Bonchev–Trinajstić information content (AvgIpc) is 2.85. The minimum Gasteiger partial charge on any atom is -0.497 e. The van der Waals surface area contributed by atoms with E-state index in [2.05, 4.69) is 44.9 Å². The molecule has 0 radical (unpaired) electrons. The first kappa shape index (κ1) is 14.3. The van der Waals surface area contributed by atoms with Crippen molar-refractivity contribution in [2.75, 3.05) is 25.2 Å². The molecule has 0 aromatic heterocycles. The van der Waals surface area contributed by atoms with Crippen LogP contribution in [0, 0.1) is 5.92 Å². The molecule has 2 aliphatic heterocycles. The number of ether oxygens (including phenoxy) is 2. The normalized spacial score (nSPS) is 31.9. The Hall–Kier alpha value is -1.26. The monoisotopic (exact) mass is 361 g/mol. The van der Waals surface area contributed by atoms with Gasteiger partial charge in [-0.05, 0) is 59.3 Å². The van der Waals surface area contributed by atoms with Crippen LogP contribution in [0.1, 0.15) is 13.3 Å². The second-order valence-corrected chi connectivity index (χ2v) is 6.79. The van der Waals surface area contributed by atoms with Crippen LogP contribution in [-0.2, 0) is 4.74 Å². The Morgan fingerprint density at radius 3 is 2.77 bits per heavy atom. The van der Waals surface area contributed by atoms with E-state index in [-0.39, 0.29) is 6.10 Å². The molecule has 1 fully saturated rings. The minimum atomic E-state index is 0.237. The van der Waals surface area contributed by atoms with Crippen LogP contribution in [0.3, 0.4) is 0 Å². The van der Waals surface area contributed by atoms with E-state index < -0.39 is 0 Å². The predicted molar refractivity (Wildman–Crippen MR) is 91.7 cm³/mol. The van der Waals surface area contributed by atoms with Crippen molar-refractivity contribution in [1.82, 2.24) is 0 Å². The Labute approximate surface area is 139 Å². The lowest BCUT2D eigenvalue weighted by atomic mass is 9.80. The molecule has 0 unspecified atom stereocenters. The summed E-state index contributed by atoms with van der Waals surface area (Å²) in [6.45, 7) is 4.09. The van der Waals surface area contributed by atoms with E-state index in [0.717, 1.165) is 25.3 Å².